The van der Waals surface area contributed by atoms with Gasteiger partial charge in [0.15, 0.2) is 0 Å². The quantitative estimate of drug-likeness (QED) is 0.827. The minimum Gasteiger partial charge on any atom is -0.308 e. The monoisotopic (exact) mass is 265 g/mol. The van der Waals surface area contributed by atoms with Crippen LogP contribution in [0, 0.1) is 5.92 Å². The maximum Gasteiger partial charge on any atom is 0.0406 e. The van der Waals surface area contributed by atoms with Crippen LogP contribution in [-0.2, 0) is 0 Å². The fraction of sp³-hybridized carbons (Fsp3) is 0.500. The third kappa shape index (κ3) is 5.70. The fourth-order valence-corrected chi connectivity index (χ4v) is 1.69. The van der Waals surface area contributed by atoms with E-state index in [9.17, 15) is 0 Å². The van der Waals surface area contributed by atoms with E-state index < -0.39 is 0 Å². The van der Waals surface area contributed by atoms with Gasteiger partial charge in [-0.15, -0.1) is 0 Å². The largest absolute Gasteiger partial charge is 0.308 e. The molecule has 2 heteroatoms. The van der Waals surface area contributed by atoms with Crippen LogP contribution in [0.4, 0.5) is 0 Å². The lowest BCUT2D eigenvalue weighted by molar-refractivity contribution is 0.437. The summed E-state index contributed by atoms with van der Waals surface area (Å²) in [6.45, 7) is 11.9. The molecule has 1 rings (SSSR count). The number of nitrogens with one attached hydrogen (secondary N) is 1. The van der Waals surface area contributed by atoms with Crippen molar-refractivity contribution in [1.29, 1.82) is 0 Å². The Morgan fingerprint density at radius 2 is 1.78 bits per heavy atom. The second-order valence-corrected chi connectivity index (χ2v) is 6.47. The van der Waals surface area contributed by atoms with Gasteiger partial charge in [-0.05, 0) is 44.4 Å². The summed E-state index contributed by atoms with van der Waals surface area (Å²) in [4.78, 5) is 0. The van der Waals surface area contributed by atoms with Crippen molar-refractivity contribution in [2.75, 3.05) is 6.54 Å². The van der Waals surface area contributed by atoms with Crippen molar-refractivity contribution in [3.63, 3.8) is 0 Å². The van der Waals surface area contributed by atoms with Crippen LogP contribution < -0.4 is 5.32 Å². The highest BCUT2D eigenvalue weighted by atomic mass is 35.5. The molecular weight excluding hydrogens is 242 g/mol. The molecule has 0 saturated carbocycles. The molecule has 0 amide bonds. The lowest BCUT2D eigenvalue weighted by atomic mass is 9.99. The molecule has 0 spiro atoms. The molecule has 0 heterocycles. The standard InChI is InChI=1S/C16H24ClN/c1-12(2)14(11-18-16(3,4)5)10-13-6-8-15(17)9-7-13/h6-10,12,18H,11H2,1-5H3. The van der Waals surface area contributed by atoms with Gasteiger partial charge in [0.1, 0.15) is 0 Å². The van der Waals surface area contributed by atoms with Crippen molar-refractivity contribution >= 4 is 17.7 Å². The first-order valence-electron chi connectivity index (χ1n) is 6.49. The maximum absolute atomic E-state index is 5.90. The molecule has 0 unspecified atom stereocenters. The minimum atomic E-state index is 0.147. The van der Waals surface area contributed by atoms with Gasteiger partial charge in [0.05, 0.1) is 0 Å². The first-order chi connectivity index (χ1) is 8.28. The molecule has 0 bridgehead atoms. The Hall–Kier alpha value is -0.790. The molecule has 0 saturated heterocycles. The van der Waals surface area contributed by atoms with Gasteiger partial charge < -0.3 is 5.32 Å². The van der Waals surface area contributed by atoms with Gasteiger partial charge in [0.25, 0.3) is 0 Å². The normalized spacial score (nSPS) is 13.2. The zero-order valence-electron chi connectivity index (χ0n) is 12.0. The lowest BCUT2D eigenvalue weighted by Crippen LogP contribution is -2.37. The number of halogens is 1. The highest BCUT2D eigenvalue weighted by Gasteiger charge is 2.11. The number of hydrogen-bond acceptors (Lipinski definition) is 1. The average molecular weight is 266 g/mol. The van der Waals surface area contributed by atoms with E-state index in [4.69, 9.17) is 11.6 Å². The Labute approximate surface area is 116 Å². The summed E-state index contributed by atoms with van der Waals surface area (Å²) < 4.78 is 0. The molecule has 0 aliphatic carbocycles. The Morgan fingerprint density at radius 3 is 2.22 bits per heavy atom. The molecule has 0 atom stereocenters. The van der Waals surface area contributed by atoms with E-state index in [0.29, 0.717) is 5.92 Å². The molecule has 0 aliphatic heterocycles. The van der Waals surface area contributed by atoms with Crippen LogP contribution in [0.2, 0.25) is 5.02 Å². The van der Waals surface area contributed by atoms with Gasteiger partial charge in [-0.1, -0.05) is 49.2 Å². The predicted molar refractivity (Wildman–Crippen MR) is 82.0 cm³/mol. The van der Waals surface area contributed by atoms with Crippen molar-refractivity contribution in [3.8, 4) is 0 Å². The molecule has 0 aromatic heterocycles. The van der Waals surface area contributed by atoms with Gasteiger partial charge in [-0.2, -0.15) is 0 Å². The number of rotatable bonds is 4. The highest BCUT2D eigenvalue weighted by molar-refractivity contribution is 6.30. The van der Waals surface area contributed by atoms with Crippen LogP contribution in [0.25, 0.3) is 6.08 Å². The molecule has 100 valence electrons. The molecule has 1 nitrogen and oxygen atoms in total. The van der Waals surface area contributed by atoms with Crippen LogP contribution in [0.3, 0.4) is 0 Å². The van der Waals surface area contributed by atoms with Crippen LogP contribution in [0.15, 0.2) is 29.8 Å². The molecule has 0 fully saturated rings. The molecule has 0 aliphatic rings. The number of benzene rings is 1. The van der Waals surface area contributed by atoms with E-state index in [1.54, 1.807) is 0 Å². The van der Waals surface area contributed by atoms with Gasteiger partial charge in [0.2, 0.25) is 0 Å². The summed E-state index contributed by atoms with van der Waals surface area (Å²) in [5.74, 6) is 0.538. The van der Waals surface area contributed by atoms with E-state index >= 15 is 0 Å². The van der Waals surface area contributed by atoms with Crippen LogP contribution in [0.5, 0.6) is 0 Å². The Balaban J connectivity index is 2.81. The van der Waals surface area contributed by atoms with Crippen LogP contribution >= 0.6 is 11.6 Å². The van der Waals surface area contributed by atoms with Crippen molar-refractivity contribution in [1.82, 2.24) is 5.32 Å². The molecule has 0 radical (unpaired) electrons. The molecule has 1 aromatic carbocycles. The topological polar surface area (TPSA) is 12.0 Å². The Morgan fingerprint density at radius 1 is 1.22 bits per heavy atom. The Bertz CT molecular complexity index is 396. The predicted octanol–water partition coefficient (Wildman–Crippen LogP) is 4.77. The zero-order valence-corrected chi connectivity index (χ0v) is 12.8. The molecule has 18 heavy (non-hydrogen) atoms. The summed E-state index contributed by atoms with van der Waals surface area (Å²) in [6, 6.07) is 7.98. The van der Waals surface area contributed by atoms with Gasteiger partial charge >= 0.3 is 0 Å². The van der Waals surface area contributed by atoms with Crippen molar-refractivity contribution < 1.29 is 0 Å². The summed E-state index contributed by atoms with van der Waals surface area (Å²) in [7, 11) is 0. The average Bonchev–Trinajstić information content (AvgIpc) is 2.25. The smallest absolute Gasteiger partial charge is 0.0406 e. The lowest BCUT2D eigenvalue weighted by Gasteiger charge is -2.23. The molecule has 1 N–H and O–H groups in total. The second kappa shape index (κ2) is 6.40. The SMILES string of the molecule is CC(C)C(=Cc1ccc(Cl)cc1)CNC(C)(C)C. The summed E-state index contributed by atoms with van der Waals surface area (Å²) in [5.41, 5.74) is 2.76. The van der Waals surface area contributed by atoms with Crippen molar-refractivity contribution in [2.45, 2.75) is 40.2 Å². The second-order valence-electron chi connectivity index (χ2n) is 6.03. The van der Waals surface area contributed by atoms with E-state index in [1.807, 2.05) is 12.1 Å². The van der Waals surface area contributed by atoms with Gasteiger partial charge in [0, 0.05) is 17.1 Å². The van der Waals surface area contributed by atoms with E-state index in [2.05, 4.69) is 58.1 Å². The van der Waals surface area contributed by atoms with Gasteiger partial charge in [-0.25, -0.2) is 0 Å². The summed E-state index contributed by atoms with van der Waals surface area (Å²) >= 11 is 5.90. The highest BCUT2D eigenvalue weighted by Crippen LogP contribution is 2.17. The zero-order chi connectivity index (χ0) is 13.8. The first-order valence-corrected chi connectivity index (χ1v) is 6.87. The fourth-order valence-electron chi connectivity index (χ4n) is 1.56. The van der Waals surface area contributed by atoms with Crippen molar-refractivity contribution in [3.05, 3.63) is 40.4 Å². The van der Waals surface area contributed by atoms with Crippen LogP contribution in [0.1, 0.15) is 40.2 Å². The van der Waals surface area contributed by atoms with Crippen molar-refractivity contribution in [2.24, 2.45) is 5.92 Å². The third-order valence-electron chi connectivity index (χ3n) is 2.79. The molecular formula is C16H24ClN. The van der Waals surface area contributed by atoms with Gasteiger partial charge in [-0.3, -0.25) is 0 Å². The van der Waals surface area contributed by atoms with E-state index in [1.165, 1.54) is 11.1 Å². The third-order valence-corrected chi connectivity index (χ3v) is 3.04. The number of hydrogen-bond donors (Lipinski definition) is 1. The summed E-state index contributed by atoms with van der Waals surface area (Å²) in [6.07, 6.45) is 2.25. The molecule has 1 aromatic rings. The van der Waals surface area contributed by atoms with E-state index in [-0.39, 0.29) is 5.54 Å². The minimum absolute atomic E-state index is 0.147. The van der Waals surface area contributed by atoms with Crippen LogP contribution in [-0.4, -0.2) is 12.1 Å². The van der Waals surface area contributed by atoms with E-state index in [0.717, 1.165) is 11.6 Å². The Kier molecular flexibility index (Phi) is 5.43. The summed E-state index contributed by atoms with van der Waals surface area (Å²) in [5, 5.41) is 4.32. The maximum atomic E-state index is 5.90. The first kappa shape index (κ1) is 15.3.